The number of anilines is 1. The Morgan fingerprint density at radius 1 is 1.04 bits per heavy atom. The fourth-order valence-corrected chi connectivity index (χ4v) is 3.12. The lowest BCUT2D eigenvalue weighted by atomic mass is 10.0. The lowest BCUT2D eigenvalue weighted by molar-refractivity contribution is 1.03. The van der Waals surface area contributed by atoms with Crippen LogP contribution >= 0.6 is 12.2 Å². The van der Waals surface area contributed by atoms with Crippen LogP contribution in [-0.2, 0) is 0 Å². The summed E-state index contributed by atoms with van der Waals surface area (Å²) in [5.74, 6) is 0. The number of thiocarbonyl (C=S) groups is 1. The Bertz CT molecular complexity index is 1050. The van der Waals surface area contributed by atoms with Gasteiger partial charge in [0.1, 0.15) is 0 Å². The molecule has 1 aromatic heterocycles. The summed E-state index contributed by atoms with van der Waals surface area (Å²) >= 11 is 5.22. The minimum Gasteiger partial charge on any atom is -0.330 e. The molecule has 0 spiro atoms. The molecule has 4 rings (SSSR count). The van der Waals surface area contributed by atoms with E-state index in [0.29, 0.717) is 22.1 Å². The molecular weight excluding hydrogens is 320 g/mol. The average molecular weight is 334 g/mol. The van der Waals surface area contributed by atoms with Crippen LogP contribution < -0.4 is 16.3 Å². The first kappa shape index (κ1) is 14.6. The van der Waals surface area contributed by atoms with E-state index < -0.39 is 0 Å². The summed E-state index contributed by atoms with van der Waals surface area (Å²) in [5.41, 5.74) is 6.06. The molecule has 2 aromatic carbocycles. The summed E-state index contributed by atoms with van der Waals surface area (Å²) in [4.78, 5) is 13.3. The van der Waals surface area contributed by atoms with Crippen LogP contribution in [0.2, 0.25) is 0 Å². The third-order valence-corrected chi connectivity index (χ3v) is 4.21. The summed E-state index contributed by atoms with van der Waals surface area (Å²) in [5, 5.41) is 8.59. The molecule has 24 heavy (non-hydrogen) atoms. The Kier molecular flexibility index (Phi) is 3.39. The topological polar surface area (TPSA) is 58.4 Å². The van der Waals surface area contributed by atoms with Crippen LogP contribution in [0.1, 0.15) is 12.5 Å². The SMILES string of the molecule is CC1=NNC(=S)Nc2c1c(=O)n(-c1ccccc1)c1ccccc21. The van der Waals surface area contributed by atoms with Crippen molar-refractivity contribution in [1.82, 2.24) is 9.99 Å². The van der Waals surface area contributed by atoms with Gasteiger partial charge in [0, 0.05) is 11.1 Å². The highest BCUT2D eigenvalue weighted by Crippen LogP contribution is 2.28. The molecule has 0 saturated heterocycles. The maximum absolute atomic E-state index is 13.3. The van der Waals surface area contributed by atoms with Crippen molar-refractivity contribution in [3.8, 4) is 5.69 Å². The molecule has 0 radical (unpaired) electrons. The van der Waals surface area contributed by atoms with Gasteiger partial charge in [-0.15, -0.1) is 0 Å². The molecule has 2 N–H and O–H groups in total. The molecule has 2 heterocycles. The molecule has 1 aliphatic heterocycles. The van der Waals surface area contributed by atoms with E-state index >= 15 is 0 Å². The molecule has 0 aliphatic carbocycles. The van der Waals surface area contributed by atoms with Crippen molar-refractivity contribution in [3.05, 3.63) is 70.5 Å². The maximum atomic E-state index is 13.3. The lowest BCUT2D eigenvalue weighted by Crippen LogP contribution is -2.27. The molecule has 0 amide bonds. The number of hydrogen-bond acceptors (Lipinski definition) is 3. The molecular formula is C18H14N4OS. The molecule has 0 fully saturated rings. The summed E-state index contributed by atoms with van der Waals surface area (Å²) in [6, 6.07) is 17.4. The molecule has 0 unspecified atom stereocenters. The Balaban J connectivity index is 2.20. The van der Waals surface area contributed by atoms with Gasteiger partial charge in [0.25, 0.3) is 5.56 Å². The first-order chi connectivity index (χ1) is 11.7. The zero-order valence-electron chi connectivity index (χ0n) is 12.9. The fraction of sp³-hybridized carbons (Fsp3) is 0.0556. The first-order valence-corrected chi connectivity index (χ1v) is 7.92. The van der Waals surface area contributed by atoms with Crippen molar-refractivity contribution >= 4 is 39.6 Å². The van der Waals surface area contributed by atoms with Crippen molar-refractivity contribution in [2.45, 2.75) is 6.92 Å². The number of aromatic nitrogens is 1. The molecule has 0 atom stereocenters. The van der Waals surface area contributed by atoms with Gasteiger partial charge in [-0.25, -0.2) is 0 Å². The number of benzene rings is 2. The molecule has 0 saturated carbocycles. The van der Waals surface area contributed by atoms with Gasteiger partial charge in [-0.2, -0.15) is 5.10 Å². The Labute approximate surface area is 143 Å². The molecule has 1 aliphatic rings. The normalized spacial score (nSPS) is 13.5. The molecule has 0 bridgehead atoms. The highest BCUT2D eigenvalue weighted by molar-refractivity contribution is 7.80. The summed E-state index contributed by atoms with van der Waals surface area (Å²) in [7, 11) is 0. The van der Waals surface area contributed by atoms with Crippen LogP contribution in [0.15, 0.2) is 64.5 Å². The van der Waals surface area contributed by atoms with Gasteiger partial charge in [0.05, 0.1) is 22.5 Å². The Morgan fingerprint density at radius 3 is 2.54 bits per heavy atom. The number of hydrogen-bond donors (Lipinski definition) is 2. The summed E-state index contributed by atoms with van der Waals surface area (Å²) in [6.45, 7) is 1.80. The number of nitrogens with one attached hydrogen (secondary N) is 2. The highest BCUT2D eigenvalue weighted by atomic mass is 32.1. The smallest absolute Gasteiger partial charge is 0.266 e. The van der Waals surface area contributed by atoms with Crippen LogP contribution in [-0.4, -0.2) is 15.4 Å². The van der Waals surface area contributed by atoms with Crippen LogP contribution in [0.5, 0.6) is 0 Å². The van der Waals surface area contributed by atoms with Crippen LogP contribution in [0, 0.1) is 0 Å². The lowest BCUT2D eigenvalue weighted by Gasteiger charge is -2.17. The fourth-order valence-electron chi connectivity index (χ4n) is 2.97. The zero-order chi connectivity index (χ0) is 16.7. The third-order valence-electron chi connectivity index (χ3n) is 4.02. The van der Waals surface area contributed by atoms with E-state index in [1.165, 1.54) is 0 Å². The van der Waals surface area contributed by atoms with E-state index in [-0.39, 0.29) is 5.56 Å². The number of nitrogens with zero attached hydrogens (tertiary/aromatic N) is 2. The van der Waals surface area contributed by atoms with Crippen LogP contribution in [0.4, 0.5) is 5.69 Å². The van der Waals surface area contributed by atoms with Crippen molar-refractivity contribution in [3.63, 3.8) is 0 Å². The largest absolute Gasteiger partial charge is 0.330 e. The van der Waals surface area contributed by atoms with Gasteiger partial charge in [0.2, 0.25) is 0 Å². The van der Waals surface area contributed by atoms with Gasteiger partial charge in [-0.1, -0.05) is 36.4 Å². The molecule has 118 valence electrons. The quantitative estimate of drug-likeness (QED) is 0.672. The second-order valence-corrected chi connectivity index (χ2v) is 5.91. The van der Waals surface area contributed by atoms with E-state index in [1.54, 1.807) is 11.5 Å². The standard InChI is InChI=1S/C18H14N4OS/c1-11-15-16(19-18(24)21-20-11)13-9-5-6-10-14(13)22(17(15)23)12-7-3-2-4-8-12/h2-10H,1H3,(H2,19,21,24). The molecule has 5 nitrogen and oxygen atoms in total. The molecule has 3 aromatic rings. The van der Waals surface area contributed by atoms with E-state index in [4.69, 9.17) is 12.2 Å². The predicted octanol–water partition coefficient (Wildman–Crippen LogP) is 3.01. The zero-order valence-corrected chi connectivity index (χ0v) is 13.7. The summed E-state index contributed by atoms with van der Waals surface area (Å²) < 4.78 is 1.71. The maximum Gasteiger partial charge on any atom is 0.266 e. The van der Waals surface area contributed by atoms with Crippen molar-refractivity contribution < 1.29 is 0 Å². The number of pyridine rings is 1. The van der Waals surface area contributed by atoms with Gasteiger partial charge in [0.15, 0.2) is 5.11 Å². The van der Waals surface area contributed by atoms with E-state index in [0.717, 1.165) is 16.6 Å². The van der Waals surface area contributed by atoms with E-state index in [9.17, 15) is 4.79 Å². The van der Waals surface area contributed by atoms with Crippen LogP contribution in [0.3, 0.4) is 0 Å². The van der Waals surface area contributed by atoms with Crippen LogP contribution in [0.25, 0.3) is 16.6 Å². The summed E-state index contributed by atoms with van der Waals surface area (Å²) in [6.07, 6.45) is 0. The number of para-hydroxylation sites is 2. The third kappa shape index (κ3) is 2.19. The Morgan fingerprint density at radius 2 is 1.75 bits per heavy atom. The minimum atomic E-state index is -0.129. The van der Waals surface area contributed by atoms with E-state index in [1.807, 2.05) is 54.6 Å². The number of rotatable bonds is 1. The Hall–Kier alpha value is -2.99. The van der Waals surface area contributed by atoms with Gasteiger partial charge in [-0.3, -0.25) is 14.8 Å². The minimum absolute atomic E-state index is 0.129. The van der Waals surface area contributed by atoms with Crippen molar-refractivity contribution in [1.29, 1.82) is 0 Å². The second kappa shape index (κ2) is 5.58. The van der Waals surface area contributed by atoms with E-state index in [2.05, 4.69) is 15.8 Å². The average Bonchev–Trinajstić information content (AvgIpc) is 2.75. The highest BCUT2D eigenvalue weighted by Gasteiger charge is 2.22. The predicted molar refractivity (Wildman–Crippen MR) is 101 cm³/mol. The molecule has 6 heteroatoms. The second-order valence-electron chi connectivity index (χ2n) is 5.51. The van der Waals surface area contributed by atoms with Gasteiger partial charge < -0.3 is 5.32 Å². The van der Waals surface area contributed by atoms with Gasteiger partial charge in [-0.05, 0) is 37.3 Å². The van der Waals surface area contributed by atoms with Crippen molar-refractivity contribution in [2.75, 3.05) is 5.32 Å². The number of hydrazone groups is 1. The monoisotopic (exact) mass is 334 g/mol. The van der Waals surface area contributed by atoms with Crippen molar-refractivity contribution in [2.24, 2.45) is 5.10 Å². The number of fused-ring (bicyclic) bond motifs is 3. The van der Waals surface area contributed by atoms with Gasteiger partial charge >= 0.3 is 0 Å². The first-order valence-electron chi connectivity index (χ1n) is 7.51.